The lowest BCUT2D eigenvalue weighted by molar-refractivity contribution is -0.159. The first-order valence-corrected chi connectivity index (χ1v) is 7.86. The summed E-state index contributed by atoms with van der Waals surface area (Å²) in [5.41, 5.74) is -0.859. The molecule has 6 nitrogen and oxygen atoms in total. The Kier molecular flexibility index (Phi) is 4.15. The molecule has 1 fully saturated rings. The Morgan fingerprint density at radius 1 is 1.30 bits per heavy atom. The van der Waals surface area contributed by atoms with Crippen LogP contribution in [0.2, 0.25) is 0 Å². The average Bonchev–Trinajstić information content (AvgIpc) is 2.50. The number of ether oxygens (including phenoxy) is 2. The van der Waals surface area contributed by atoms with Crippen molar-refractivity contribution in [2.75, 3.05) is 20.2 Å². The molecule has 124 valence electrons. The molecular weight excluding hydrogens is 298 g/mol. The van der Waals surface area contributed by atoms with Gasteiger partial charge in [-0.1, -0.05) is 18.6 Å². The van der Waals surface area contributed by atoms with Crippen LogP contribution in [-0.2, 0) is 9.59 Å². The lowest BCUT2D eigenvalue weighted by Crippen LogP contribution is -2.46. The van der Waals surface area contributed by atoms with E-state index < -0.39 is 11.4 Å². The Morgan fingerprint density at radius 2 is 2.00 bits per heavy atom. The summed E-state index contributed by atoms with van der Waals surface area (Å²) < 4.78 is 11.5. The molecule has 1 atom stereocenters. The first-order valence-electron chi connectivity index (χ1n) is 7.86. The number of fused-ring (bicyclic) bond motifs is 1. The molecule has 2 aliphatic rings. The summed E-state index contributed by atoms with van der Waals surface area (Å²) in [5.74, 6) is 0.355. The highest BCUT2D eigenvalue weighted by molar-refractivity contribution is 5.85. The van der Waals surface area contributed by atoms with Crippen LogP contribution in [0.25, 0.3) is 0 Å². The molecule has 23 heavy (non-hydrogen) atoms. The predicted molar refractivity (Wildman–Crippen MR) is 82.5 cm³/mol. The van der Waals surface area contributed by atoms with Crippen molar-refractivity contribution < 1.29 is 24.2 Å². The van der Waals surface area contributed by atoms with Gasteiger partial charge in [-0.3, -0.25) is 9.59 Å². The molecule has 1 aliphatic carbocycles. The SMILES string of the molecule is CN(CC1COc2ccccc2O1)C(=O)CC1(C(=O)O)CCC1. The molecule has 0 bridgehead atoms. The molecule has 0 saturated heterocycles. The van der Waals surface area contributed by atoms with Gasteiger partial charge >= 0.3 is 5.97 Å². The Labute approximate surface area is 135 Å². The first-order chi connectivity index (χ1) is 11.0. The number of carbonyl (C=O) groups is 2. The number of nitrogens with zero attached hydrogens (tertiary/aromatic N) is 1. The van der Waals surface area contributed by atoms with Crippen molar-refractivity contribution in [1.29, 1.82) is 0 Å². The van der Waals surface area contributed by atoms with Crippen LogP contribution in [0.15, 0.2) is 24.3 Å². The van der Waals surface area contributed by atoms with Gasteiger partial charge < -0.3 is 19.5 Å². The maximum Gasteiger partial charge on any atom is 0.310 e. The van der Waals surface area contributed by atoms with E-state index in [9.17, 15) is 14.7 Å². The minimum atomic E-state index is -0.864. The number of likely N-dealkylation sites (N-methyl/N-ethyl adjacent to an activating group) is 1. The summed E-state index contributed by atoms with van der Waals surface area (Å²) in [4.78, 5) is 25.3. The summed E-state index contributed by atoms with van der Waals surface area (Å²) >= 11 is 0. The third-order valence-corrected chi connectivity index (χ3v) is 4.72. The highest BCUT2D eigenvalue weighted by Gasteiger charge is 2.46. The normalized spacial score (nSPS) is 21.2. The minimum absolute atomic E-state index is 0.0585. The number of aliphatic carboxylic acids is 1. The predicted octanol–water partition coefficient (Wildman–Crippen LogP) is 1.93. The number of hydrogen-bond donors (Lipinski definition) is 1. The quantitative estimate of drug-likeness (QED) is 0.897. The van der Waals surface area contributed by atoms with Gasteiger partial charge in [0.25, 0.3) is 0 Å². The summed E-state index contributed by atoms with van der Waals surface area (Å²) in [6, 6.07) is 7.42. The van der Waals surface area contributed by atoms with E-state index in [-0.39, 0.29) is 18.4 Å². The summed E-state index contributed by atoms with van der Waals surface area (Å²) in [5, 5.41) is 9.33. The zero-order valence-electron chi connectivity index (χ0n) is 13.2. The molecule has 1 aromatic carbocycles. The fourth-order valence-electron chi connectivity index (χ4n) is 3.05. The van der Waals surface area contributed by atoms with Gasteiger partial charge in [0.05, 0.1) is 12.0 Å². The van der Waals surface area contributed by atoms with Crippen LogP contribution in [0.4, 0.5) is 0 Å². The van der Waals surface area contributed by atoms with Crippen LogP contribution >= 0.6 is 0 Å². The highest BCUT2D eigenvalue weighted by Crippen LogP contribution is 2.44. The summed E-state index contributed by atoms with van der Waals surface area (Å²) in [6.07, 6.45) is 1.85. The van der Waals surface area contributed by atoms with Crippen molar-refractivity contribution in [1.82, 2.24) is 4.90 Å². The van der Waals surface area contributed by atoms with E-state index >= 15 is 0 Å². The maximum atomic E-state index is 12.3. The van der Waals surface area contributed by atoms with Gasteiger partial charge in [-0.05, 0) is 25.0 Å². The van der Waals surface area contributed by atoms with Gasteiger partial charge in [-0.25, -0.2) is 0 Å². The van der Waals surface area contributed by atoms with Crippen LogP contribution in [-0.4, -0.2) is 48.2 Å². The first kappa shape index (κ1) is 15.6. The Morgan fingerprint density at radius 3 is 2.61 bits per heavy atom. The minimum Gasteiger partial charge on any atom is -0.486 e. The number of amides is 1. The van der Waals surface area contributed by atoms with Gasteiger partial charge in [-0.15, -0.1) is 0 Å². The van der Waals surface area contributed by atoms with Crippen LogP contribution in [0, 0.1) is 5.41 Å². The fraction of sp³-hybridized carbons (Fsp3) is 0.529. The van der Waals surface area contributed by atoms with E-state index in [1.165, 1.54) is 0 Å². The van der Waals surface area contributed by atoms with Crippen molar-refractivity contribution in [2.45, 2.75) is 31.8 Å². The Bertz CT molecular complexity index is 611. The Hall–Kier alpha value is -2.24. The maximum absolute atomic E-state index is 12.3. The van der Waals surface area contributed by atoms with Gasteiger partial charge in [-0.2, -0.15) is 0 Å². The van der Waals surface area contributed by atoms with Gasteiger partial charge in [0.2, 0.25) is 5.91 Å². The molecular formula is C17H21NO5. The summed E-state index contributed by atoms with van der Waals surface area (Å²) in [6.45, 7) is 0.752. The molecule has 1 N–H and O–H groups in total. The van der Waals surface area contributed by atoms with E-state index in [0.717, 1.165) is 6.42 Å². The largest absolute Gasteiger partial charge is 0.486 e. The smallest absolute Gasteiger partial charge is 0.310 e. The number of carboxylic acids is 1. The lowest BCUT2D eigenvalue weighted by atomic mass is 9.66. The number of carbonyl (C=O) groups excluding carboxylic acids is 1. The molecule has 1 saturated carbocycles. The average molecular weight is 319 g/mol. The lowest BCUT2D eigenvalue weighted by Gasteiger charge is -2.38. The second kappa shape index (κ2) is 6.10. The fourth-order valence-corrected chi connectivity index (χ4v) is 3.05. The van der Waals surface area contributed by atoms with Crippen LogP contribution in [0.1, 0.15) is 25.7 Å². The van der Waals surface area contributed by atoms with E-state index in [1.807, 2.05) is 24.3 Å². The van der Waals surface area contributed by atoms with Crippen LogP contribution in [0.5, 0.6) is 11.5 Å². The van der Waals surface area contributed by atoms with Crippen molar-refractivity contribution in [3.05, 3.63) is 24.3 Å². The molecule has 0 spiro atoms. The molecule has 3 rings (SSSR count). The van der Waals surface area contributed by atoms with Gasteiger partial charge in [0.15, 0.2) is 17.6 Å². The van der Waals surface area contributed by atoms with Gasteiger partial charge in [0.1, 0.15) is 6.61 Å². The molecule has 1 aromatic rings. The topological polar surface area (TPSA) is 76.1 Å². The van der Waals surface area contributed by atoms with Crippen molar-refractivity contribution in [3.8, 4) is 11.5 Å². The van der Waals surface area contributed by atoms with Crippen molar-refractivity contribution >= 4 is 11.9 Å². The van der Waals surface area contributed by atoms with Crippen LogP contribution in [0.3, 0.4) is 0 Å². The molecule has 1 amide bonds. The van der Waals surface area contributed by atoms with Crippen molar-refractivity contribution in [3.63, 3.8) is 0 Å². The summed E-state index contributed by atoms with van der Waals surface area (Å²) in [7, 11) is 1.68. The Balaban J connectivity index is 1.56. The number of carboxylic acid groups (broad SMARTS) is 1. The molecule has 1 unspecified atom stereocenters. The van der Waals surface area contributed by atoms with E-state index in [0.29, 0.717) is 37.5 Å². The number of benzene rings is 1. The highest BCUT2D eigenvalue weighted by atomic mass is 16.6. The van der Waals surface area contributed by atoms with E-state index in [1.54, 1.807) is 11.9 Å². The molecule has 1 aliphatic heterocycles. The third-order valence-electron chi connectivity index (χ3n) is 4.72. The molecule has 6 heteroatoms. The third kappa shape index (κ3) is 3.11. The van der Waals surface area contributed by atoms with E-state index in [4.69, 9.17) is 9.47 Å². The second-order valence-corrected chi connectivity index (χ2v) is 6.39. The standard InChI is InChI=1S/C17H21NO5/c1-18(15(19)9-17(16(20)21)7-4-8-17)10-12-11-22-13-5-2-3-6-14(13)23-12/h2-3,5-6,12H,4,7-11H2,1H3,(H,20,21). The molecule has 1 heterocycles. The number of para-hydroxylation sites is 2. The zero-order valence-corrected chi connectivity index (χ0v) is 13.2. The zero-order chi connectivity index (χ0) is 16.4. The van der Waals surface area contributed by atoms with Crippen LogP contribution < -0.4 is 9.47 Å². The molecule has 0 aromatic heterocycles. The van der Waals surface area contributed by atoms with Crippen molar-refractivity contribution in [2.24, 2.45) is 5.41 Å². The molecule has 0 radical (unpaired) electrons. The van der Waals surface area contributed by atoms with Gasteiger partial charge in [0, 0.05) is 13.5 Å². The monoisotopic (exact) mass is 319 g/mol. The van der Waals surface area contributed by atoms with E-state index in [2.05, 4.69) is 0 Å². The number of hydrogen-bond acceptors (Lipinski definition) is 4. The second-order valence-electron chi connectivity index (χ2n) is 6.39. The number of rotatable bonds is 5.